The van der Waals surface area contributed by atoms with E-state index in [2.05, 4.69) is 46.5 Å². The zero-order valence-electron chi connectivity index (χ0n) is 13.5. The number of para-hydroxylation sites is 2. The van der Waals surface area contributed by atoms with E-state index in [1.54, 1.807) is 0 Å². The molecule has 0 radical (unpaired) electrons. The first-order valence-corrected chi connectivity index (χ1v) is 8.16. The predicted octanol–water partition coefficient (Wildman–Crippen LogP) is 4.90. The van der Waals surface area contributed by atoms with Crippen molar-refractivity contribution in [3.63, 3.8) is 0 Å². The normalized spacial score (nSPS) is 15.1. The van der Waals surface area contributed by atoms with Gasteiger partial charge < -0.3 is 0 Å². The third kappa shape index (κ3) is 3.35. The molecule has 2 aromatic carbocycles. The second kappa shape index (κ2) is 7.25. The van der Waals surface area contributed by atoms with Crippen molar-refractivity contribution in [1.29, 1.82) is 0 Å². The smallest absolute Gasteiger partial charge is 0.0874 e. The molecule has 3 nitrogen and oxygen atoms in total. The van der Waals surface area contributed by atoms with Crippen molar-refractivity contribution >= 4 is 23.8 Å². The van der Waals surface area contributed by atoms with Crippen LogP contribution in [0.4, 0.5) is 11.4 Å². The molecule has 3 heteroatoms. The molecule has 0 atom stereocenters. The average Bonchev–Trinajstić information content (AvgIpc) is 2.64. The summed E-state index contributed by atoms with van der Waals surface area (Å²) < 4.78 is 0. The molecule has 1 heterocycles. The van der Waals surface area contributed by atoms with Gasteiger partial charge in [-0.3, -0.25) is 10.0 Å². The minimum absolute atomic E-state index is 0.884. The Labute approximate surface area is 138 Å². The summed E-state index contributed by atoms with van der Waals surface area (Å²) in [5.41, 5.74) is 4.02. The monoisotopic (exact) mass is 305 g/mol. The number of piperidine rings is 1. The summed E-state index contributed by atoms with van der Waals surface area (Å²) in [4.78, 5) is 4.20. The van der Waals surface area contributed by atoms with Crippen molar-refractivity contribution in [1.82, 2.24) is 5.01 Å². The van der Waals surface area contributed by atoms with E-state index in [0.717, 1.165) is 35.7 Å². The molecule has 3 rings (SSSR count). The van der Waals surface area contributed by atoms with Gasteiger partial charge in [0.15, 0.2) is 0 Å². The fraction of sp³-hybridized carbons (Fsp3) is 0.250. The van der Waals surface area contributed by atoms with E-state index in [4.69, 9.17) is 0 Å². The number of nitrogens with zero attached hydrogens (tertiary/aromatic N) is 3. The average molecular weight is 305 g/mol. The first kappa shape index (κ1) is 15.5. The van der Waals surface area contributed by atoms with E-state index >= 15 is 0 Å². The molecule has 1 aliphatic rings. The van der Waals surface area contributed by atoms with Gasteiger partial charge in [-0.05, 0) is 37.3 Å². The van der Waals surface area contributed by atoms with Crippen LogP contribution in [0.25, 0.3) is 5.70 Å². The quantitative estimate of drug-likeness (QED) is 0.732. The number of benzene rings is 2. The van der Waals surface area contributed by atoms with E-state index in [-0.39, 0.29) is 0 Å². The Hall–Kier alpha value is -2.39. The van der Waals surface area contributed by atoms with Gasteiger partial charge in [0.2, 0.25) is 0 Å². The van der Waals surface area contributed by atoms with Gasteiger partial charge in [0, 0.05) is 13.1 Å². The standard InChI is InChI=1S/C20H23N3/c1-17(18-11-5-3-6-12-18)23(22-15-9-4-10-16-22)20-14-8-7-13-19(20)21-2/h3,5-8,11-14H,1-2,4,9-10,15-16H2. The molecule has 1 saturated heterocycles. The van der Waals surface area contributed by atoms with Crippen LogP contribution < -0.4 is 5.01 Å². The summed E-state index contributed by atoms with van der Waals surface area (Å²) in [7, 11) is 0. The van der Waals surface area contributed by atoms with Crippen LogP contribution >= 0.6 is 0 Å². The van der Waals surface area contributed by atoms with Gasteiger partial charge in [0.05, 0.1) is 17.1 Å². The zero-order valence-corrected chi connectivity index (χ0v) is 13.5. The van der Waals surface area contributed by atoms with Gasteiger partial charge in [-0.1, -0.05) is 55.5 Å². The molecule has 0 amide bonds. The number of anilines is 1. The van der Waals surface area contributed by atoms with Gasteiger partial charge >= 0.3 is 0 Å². The molecule has 0 spiro atoms. The Morgan fingerprint density at radius 1 is 0.913 bits per heavy atom. The molecule has 1 aliphatic heterocycles. The molecule has 0 saturated carbocycles. The Morgan fingerprint density at radius 2 is 1.57 bits per heavy atom. The van der Waals surface area contributed by atoms with Crippen LogP contribution in [0.1, 0.15) is 24.8 Å². The molecular weight excluding hydrogens is 282 g/mol. The van der Waals surface area contributed by atoms with Crippen LogP contribution in [0.15, 0.2) is 66.2 Å². The topological polar surface area (TPSA) is 18.8 Å². The largest absolute Gasteiger partial charge is 0.272 e. The first-order chi connectivity index (χ1) is 11.3. The highest BCUT2D eigenvalue weighted by molar-refractivity contribution is 5.82. The number of rotatable bonds is 5. The Bertz CT molecular complexity index is 672. The van der Waals surface area contributed by atoms with E-state index in [9.17, 15) is 0 Å². The van der Waals surface area contributed by atoms with Crippen LogP contribution in [-0.2, 0) is 0 Å². The summed E-state index contributed by atoms with van der Waals surface area (Å²) in [6.45, 7) is 10.2. The summed E-state index contributed by atoms with van der Waals surface area (Å²) in [5.74, 6) is 0. The lowest BCUT2D eigenvalue weighted by molar-refractivity contribution is 0.233. The maximum Gasteiger partial charge on any atom is 0.0874 e. The number of aliphatic imine (C=N–C) groups is 1. The first-order valence-electron chi connectivity index (χ1n) is 8.16. The maximum atomic E-state index is 4.37. The Morgan fingerprint density at radius 3 is 2.26 bits per heavy atom. The van der Waals surface area contributed by atoms with Gasteiger partial charge in [-0.2, -0.15) is 0 Å². The fourth-order valence-electron chi connectivity index (χ4n) is 3.08. The molecule has 0 N–H and O–H groups in total. The third-order valence-electron chi connectivity index (χ3n) is 4.26. The van der Waals surface area contributed by atoms with Crippen molar-refractivity contribution in [2.45, 2.75) is 19.3 Å². The van der Waals surface area contributed by atoms with E-state index in [1.165, 1.54) is 19.3 Å². The highest BCUT2D eigenvalue weighted by Crippen LogP contribution is 2.35. The van der Waals surface area contributed by atoms with Crippen molar-refractivity contribution < 1.29 is 0 Å². The van der Waals surface area contributed by atoms with Gasteiger partial charge in [0.25, 0.3) is 0 Å². The Kier molecular flexibility index (Phi) is 4.89. The molecule has 0 aliphatic carbocycles. The fourth-order valence-corrected chi connectivity index (χ4v) is 3.08. The van der Waals surface area contributed by atoms with Crippen molar-refractivity contribution in [3.05, 3.63) is 66.7 Å². The van der Waals surface area contributed by atoms with E-state index < -0.39 is 0 Å². The highest BCUT2D eigenvalue weighted by Gasteiger charge is 2.23. The summed E-state index contributed by atoms with van der Waals surface area (Å²) in [6.07, 6.45) is 3.72. The summed E-state index contributed by atoms with van der Waals surface area (Å²) in [6, 6.07) is 18.4. The van der Waals surface area contributed by atoms with Gasteiger partial charge in [0.1, 0.15) is 0 Å². The lowest BCUT2D eigenvalue weighted by Gasteiger charge is -2.40. The van der Waals surface area contributed by atoms with Gasteiger partial charge in [-0.15, -0.1) is 0 Å². The minimum atomic E-state index is 0.884. The SMILES string of the molecule is C=Nc1ccccc1N(C(=C)c1ccccc1)N1CCCCC1. The molecule has 0 unspecified atom stereocenters. The Balaban J connectivity index is 2.03. The highest BCUT2D eigenvalue weighted by atomic mass is 15.6. The lowest BCUT2D eigenvalue weighted by atomic mass is 10.1. The maximum absolute atomic E-state index is 4.37. The third-order valence-corrected chi connectivity index (χ3v) is 4.26. The number of hydrazine groups is 1. The number of hydrogen-bond donors (Lipinski definition) is 0. The van der Waals surface area contributed by atoms with Crippen molar-refractivity contribution in [3.8, 4) is 0 Å². The molecule has 2 aromatic rings. The molecule has 0 bridgehead atoms. The molecular formula is C20H23N3. The lowest BCUT2D eigenvalue weighted by Crippen LogP contribution is -2.44. The second-order valence-electron chi connectivity index (χ2n) is 5.79. The zero-order chi connectivity index (χ0) is 16.1. The predicted molar refractivity (Wildman–Crippen MR) is 99.0 cm³/mol. The van der Waals surface area contributed by atoms with Crippen molar-refractivity contribution in [2.24, 2.45) is 4.99 Å². The van der Waals surface area contributed by atoms with Crippen molar-refractivity contribution in [2.75, 3.05) is 18.1 Å². The second-order valence-corrected chi connectivity index (χ2v) is 5.79. The molecule has 0 aromatic heterocycles. The summed E-state index contributed by atoms with van der Waals surface area (Å²) in [5, 5.41) is 4.60. The van der Waals surface area contributed by atoms with E-state index in [0.29, 0.717) is 0 Å². The molecule has 23 heavy (non-hydrogen) atoms. The van der Waals surface area contributed by atoms with Gasteiger partial charge in [-0.25, -0.2) is 5.01 Å². The molecule has 1 fully saturated rings. The number of hydrogen-bond acceptors (Lipinski definition) is 3. The summed E-state index contributed by atoms with van der Waals surface area (Å²) >= 11 is 0. The van der Waals surface area contributed by atoms with Crippen LogP contribution in [0.2, 0.25) is 0 Å². The minimum Gasteiger partial charge on any atom is -0.272 e. The molecule has 118 valence electrons. The van der Waals surface area contributed by atoms with E-state index in [1.807, 2.05) is 36.4 Å². The van der Waals surface area contributed by atoms with Crippen LogP contribution in [0.5, 0.6) is 0 Å². The van der Waals surface area contributed by atoms with Crippen LogP contribution in [0, 0.1) is 0 Å². The van der Waals surface area contributed by atoms with Crippen LogP contribution in [-0.4, -0.2) is 24.8 Å². The van der Waals surface area contributed by atoms with Crippen LogP contribution in [0.3, 0.4) is 0 Å².